The monoisotopic (exact) mass is 418 g/mol. The maximum Gasteiger partial charge on any atom is 0.236 e. The maximum atomic E-state index is 12.7. The van der Waals surface area contributed by atoms with Crippen LogP contribution in [0.25, 0.3) is 11.3 Å². The molecule has 3 aromatic heterocycles. The molecule has 1 aliphatic rings. The number of nitrogens with zero attached hydrogens (tertiary/aromatic N) is 5. The van der Waals surface area contributed by atoms with Gasteiger partial charge in [0.05, 0.1) is 17.1 Å². The van der Waals surface area contributed by atoms with E-state index >= 15 is 0 Å². The summed E-state index contributed by atoms with van der Waals surface area (Å²) in [4.78, 5) is 12.7. The van der Waals surface area contributed by atoms with Gasteiger partial charge in [-0.2, -0.15) is 5.10 Å². The lowest BCUT2D eigenvalue weighted by atomic mass is 10.0. The van der Waals surface area contributed by atoms with E-state index in [9.17, 15) is 4.79 Å². The lowest BCUT2D eigenvalue weighted by molar-refractivity contribution is -0.113. The van der Waals surface area contributed by atoms with Gasteiger partial charge in [0.2, 0.25) is 5.91 Å². The number of rotatable bonds is 6. The van der Waals surface area contributed by atoms with Crippen LogP contribution in [0.2, 0.25) is 0 Å². The van der Waals surface area contributed by atoms with Crippen LogP contribution in [0.5, 0.6) is 0 Å². The number of fused-ring (bicyclic) bond motifs is 1. The van der Waals surface area contributed by atoms with Gasteiger partial charge in [-0.25, -0.2) is 4.68 Å². The van der Waals surface area contributed by atoms with Crippen LogP contribution in [0, 0.1) is 0 Å². The highest BCUT2D eigenvalue weighted by atomic mass is 32.2. The molecule has 0 spiro atoms. The predicted octanol–water partition coefficient (Wildman–Crippen LogP) is 4.30. The number of pyridine rings is 1. The lowest BCUT2D eigenvalue weighted by Crippen LogP contribution is -2.17. The Hall–Kier alpha value is -3.13. The van der Waals surface area contributed by atoms with E-state index in [1.807, 2.05) is 69.9 Å². The zero-order valence-electron chi connectivity index (χ0n) is 16.4. The van der Waals surface area contributed by atoms with Crippen molar-refractivity contribution in [2.24, 2.45) is 0 Å². The van der Waals surface area contributed by atoms with Gasteiger partial charge in [0.15, 0.2) is 10.8 Å². The minimum atomic E-state index is -0.0947. The van der Waals surface area contributed by atoms with Crippen molar-refractivity contribution in [3.8, 4) is 5.69 Å². The number of para-hydroxylation sites is 1. The van der Waals surface area contributed by atoms with Crippen molar-refractivity contribution in [1.82, 2.24) is 24.4 Å². The smallest absolute Gasteiger partial charge is 0.236 e. The van der Waals surface area contributed by atoms with Gasteiger partial charge < -0.3 is 5.32 Å². The molecule has 0 unspecified atom stereocenters. The molecule has 152 valence electrons. The number of anilines is 1. The normalized spacial score (nSPS) is 14.4. The van der Waals surface area contributed by atoms with Gasteiger partial charge in [-0.15, -0.1) is 10.2 Å². The predicted molar refractivity (Wildman–Crippen MR) is 117 cm³/mol. The fourth-order valence-corrected chi connectivity index (χ4v) is 4.63. The average molecular weight is 419 g/mol. The van der Waals surface area contributed by atoms with Gasteiger partial charge in [-0.05, 0) is 37.1 Å². The first-order valence-corrected chi connectivity index (χ1v) is 11.1. The third kappa shape index (κ3) is 3.82. The molecule has 0 bridgehead atoms. The first kappa shape index (κ1) is 18.9. The minimum absolute atomic E-state index is 0.0947. The van der Waals surface area contributed by atoms with Crippen LogP contribution in [-0.4, -0.2) is 36.0 Å². The first-order chi connectivity index (χ1) is 14.8. The molecular weight excluding hydrogens is 396 g/mol. The Bertz CT molecular complexity index is 1160. The van der Waals surface area contributed by atoms with E-state index in [-0.39, 0.29) is 11.7 Å². The third-order valence-electron chi connectivity index (χ3n) is 5.38. The average Bonchev–Trinajstić information content (AvgIpc) is 3.52. The molecule has 3 heterocycles. The number of nitrogens with one attached hydrogen (secondary N) is 1. The number of aromatic nitrogens is 5. The standard InChI is InChI=1S/C22H22N6OS/c29-21(15-30-22-25-24-19-12-6-7-13-27(19)22)23-20-14-18(16-8-4-5-9-16)26-28(20)17-10-2-1-3-11-17/h1-3,6-7,10-14,16H,4-5,8-9,15H2,(H,23,29). The molecule has 7 nitrogen and oxygen atoms in total. The Balaban J connectivity index is 1.34. The fraction of sp³-hybridized carbons (Fsp3) is 0.273. The zero-order valence-corrected chi connectivity index (χ0v) is 17.3. The topological polar surface area (TPSA) is 77.1 Å². The summed E-state index contributed by atoms with van der Waals surface area (Å²) >= 11 is 1.37. The number of benzene rings is 1. The molecule has 0 radical (unpaired) electrons. The van der Waals surface area contributed by atoms with Crippen LogP contribution in [0.1, 0.15) is 37.3 Å². The van der Waals surface area contributed by atoms with Gasteiger partial charge in [0, 0.05) is 18.2 Å². The van der Waals surface area contributed by atoms with Crippen molar-refractivity contribution in [3.63, 3.8) is 0 Å². The quantitative estimate of drug-likeness (QED) is 0.472. The number of carbonyl (C=O) groups excluding carboxylic acids is 1. The van der Waals surface area contributed by atoms with Crippen molar-refractivity contribution in [2.45, 2.75) is 36.8 Å². The van der Waals surface area contributed by atoms with E-state index in [0.717, 1.165) is 29.9 Å². The highest BCUT2D eigenvalue weighted by Crippen LogP contribution is 2.35. The van der Waals surface area contributed by atoms with E-state index in [1.165, 1.54) is 24.6 Å². The van der Waals surface area contributed by atoms with Crippen molar-refractivity contribution in [3.05, 3.63) is 66.5 Å². The van der Waals surface area contributed by atoms with Crippen molar-refractivity contribution < 1.29 is 4.79 Å². The van der Waals surface area contributed by atoms with Crippen LogP contribution in [-0.2, 0) is 4.79 Å². The summed E-state index contributed by atoms with van der Waals surface area (Å²) < 4.78 is 3.72. The molecule has 1 fully saturated rings. The second-order valence-corrected chi connectivity index (χ2v) is 8.37. The molecule has 0 saturated heterocycles. The van der Waals surface area contributed by atoms with Gasteiger partial charge >= 0.3 is 0 Å². The molecule has 1 aromatic carbocycles. The molecule has 30 heavy (non-hydrogen) atoms. The summed E-state index contributed by atoms with van der Waals surface area (Å²) in [6.07, 6.45) is 6.71. The summed E-state index contributed by atoms with van der Waals surface area (Å²) in [6, 6.07) is 17.7. The Kier molecular flexibility index (Phi) is 5.23. The molecule has 4 aromatic rings. The molecule has 1 saturated carbocycles. The molecule has 8 heteroatoms. The van der Waals surface area contributed by atoms with Crippen LogP contribution < -0.4 is 5.32 Å². The fourth-order valence-electron chi connectivity index (χ4n) is 3.90. The van der Waals surface area contributed by atoms with Gasteiger partial charge in [-0.1, -0.05) is 48.9 Å². The summed E-state index contributed by atoms with van der Waals surface area (Å²) in [5.41, 5.74) is 2.76. The molecule has 0 aliphatic heterocycles. The number of hydrogen-bond donors (Lipinski definition) is 1. The van der Waals surface area contributed by atoms with Crippen LogP contribution in [0.4, 0.5) is 5.82 Å². The molecule has 1 amide bonds. The summed E-state index contributed by atoms with van der Waals surface area (Å²) in [5.74, 6) is 1.33. The largest absolute Gasteiger partial charge is 0.310 e. The molecule has 5 rings (SSSR count). The Morgan fingerprint density at radius 2 is 1.87 bits per heavy atom. The summed E-state index contributed by atoms with van der Waals surface area (Å²) in [5, 5.41) is 16.9. The number of hydrogen-bond acceptors (Lipinski definition) is 5. The molecular formula is C22H22N6OS. The van der Waals surface area contributed by atoms with Gasteiger partial charge in [-0.3, -0.25) is 9.20 Å². The number of carbonyl (C=O) groups is 1. The number of amides is 1. The van der Waals surface area contributed by atoms with E-state index in [1.54, 1.807) is 0 Å². The van der Waals surface area contributed by atoms with E-state index in [4.69, 9.17) is 5.10 Å². The van der Waals surface area contributed by atoms with Crippen LogP contribution in [0.15, 0.2) is 66.0 Å². The van der Waals surface area contributed by atoms with Crippen LogP contribution in [0.3, 0.4) is 0 Å². The van der Waals surface area contributed by atoms with Crippen molar-refractivity contribution in [1.29, 1.82) is 0 Å². The highest BCUT2D eigenvalue weighted by molar-refractivity contribution is 7.99. The number of thioether (sulfide) groups is 1. The van der Waals surface area contributed by atoms with Crippen molar-refractivity contribution >= 4 is 29.1 Å². The molecule has 0 atom stereocenters. The summed E-state index contributed by atoms with van der Waals surface area (Å²) in [6.45, 7) is 0. The highest BCUT2D eigenvalue weighted by Gasteiger charge is 2.22. The lowest BCUT2D eigenvalue weighted by Gasteiger charge is -2.08. The van der Waals surface area contributed by atoms with E-state index in [2.05, 4.69) is 15.5 Å². The zero-order chi connectivity index (χ0) is 20.3. The van der Waals surface area contributed by atoms with E-state index < -0.39 is 0 Å². The SMILES string of the molecule is O=C(CSc1nnc2ccccn12)Nc1cc(C2CCCC2)nn1-c1ccccc1. The maximum absolute atomic E-state index is 12.7. The van der Waals surface area contributed by atoms with Gasteiger partial charge in [0.25, 0.3) is 0 Å². The Labute approximate surface area is 178 Å². The van der Waals surface area contributed by atoms with Crippen molar-refractivity contribution in [2.75, 3.05) is 11.1 Å². The minimum Gasteiger partial charge on any atom is -0.310 e. The molecule has 1 N–H and O–H groups in total. The van der Waals surface area contributed by atoms with Gasteiger partial charge in [0.1, 0.15) is 5.82 Å². The Morgan fingerprint density at radius 1 is 1.07 bits per heavy atom. The first-order valence-electron chi connectivity index (χ1n) is 10.2. The second-order valence-electron chi connectivity index (χ2n) is 7.43. The van der Waals surface area contributed by atoms with E-state index in [0.29, 0.717) is 16.9 Å². The third-order valence-corrected chi connectivity index (χ3v) is 6.33. The molecule has 1 aliphatic carbocycles. The van der Waals surface area contributed by atoms with Crippen LogP contribution >= 0.6 is 11.8 Å². The summed E-state index contributed by atoms with van der Waals surface area (Å²) in [7, 11) is 0. The Morgan fingerprint density at radius 3 is 2.70 bits per heavy atom. The second kappa shape index (κ2) is 8.31.